The molecule has 2 saturated carbocycles. The fourth-order valence-electron chi connectivity index (χ4n) is 8.47. The van der Waals surface area contributed by atoms with Crippen LogP contribution >= 0.6 is 11.6 Å². The molecule has 0 spiro atoms. The maximum Gasteiger partial charge on any atom is 0.270 e. The Bertz CT molecular complexity index is 1980. The number of piperidine rings is 2. The first-order chi connectivity index (χ1) is 28.0. The van der Waals surface area contributed by atoms with Gasteiger partial charge in [0.2, 0.25) is 11.8 Å². The molecule has 1 unspecified atom stereocenters. The van der Waals surface area contributed by atoms with Crippen molar-refractivity contribution in [2.45, 2.75) is 115 Å². The number of Topliss-reactive ketones (excluding diaryl/α,β-unsaturated/α-hetero) is 1. The third kappa shape index (κ3) is 10.3. The summed E-state index contributed by atoms with van der Waals surface area (Å²) >= 11 is 6.16. The van der Waals surface area contributed by atoms with Crippen LogP contribution < -0.4 is 25.0 Å². The molecular formula is C43H51ClN8O6. The molecule has 14 nitrogen and oxygen atoms in total. The number of nitriles is 1. The molecule has 2 saturated heterocycles. The molecule has 4 aliphatic rings. The summed E-state index contributed by atoms with van der Waals surface area (Å²) < 4.78 is 12.3. The molecule has 1 aromatic carbocycles. The summed E-state index contributed by atoms with van der Waals surface area (Å²) in [6.45, 7) is 7.31. The fraction of sp³-hybridized carbons (Fsp3) is 0.535. The third-order valence-corrected chi connectivity index (χ3v) is 12.3. The van der Waals surface area contributed by atoms with E-state index in [1.807, 2.05) is 0 Å². The van der Waals surface area contributed by atoms with Crippen molar-refractivity contribution in [2.75, 3.05) is 24.5 Å². The first-order valence-corrected chi connectivity index (χ1v) is 20.9. The molecule has 15 heteroatoms. The number of benzene rings is 1. The van der Waals surface area contributed by atoms with Crippen molar-refractivity contribution in [3.8, 4) is 17.6 Å². The number of carbonyl (C=O) groups is 4. The Morgan fingerprint density at radius 3 is 2.28 bits per heavy atom. The van der Waals surface area contributed by atoms with E-state index >= 15 is 0 Å². The first-order valence-electron chi connectivity index (χ1n) is 20.5. The number of ether oxygens (including phenoxy) is 2. The monoisotopic (exact) mass is 810 g/mol. The minimum atomic E-state index is -0.753. The van der Waals surface area contributed by atoms with Crippen LogP contribution in [0, 0.1) is 23.2 Å². The first kappa shape index (κ1) is 41.0. The number of nitrogens with one attached hydrogen (secondary N) is 2. The molecule has 3 aromatic rings. The van der Waals surface area contributed by atoms with Crippen LogP contribution in [0.25, 0.3) is 0 Å². The molecule has 0 radical (unpaired) electrons. The molecule has 0 bridgehead atoms. The van der Waals surface area contributed by atoms with Crippen LogP contribution in [0.3, 0.4) is 0 Å². The summed E-state index contributed by atoms with van der Waals surface area (Å²) in [7, 11) is 0. The average molecular weight is 811 g/mol. The summed E-state index contributed by atoms with van der Waals surface area (Å²) in [4.78, 5) is 67.4. The van der Waals surface area contributed by atoms with E-state index in [2.05, 4.69) is 55.3 Å². The highest BCUT2D eigenvalue weighted by Crippen LogP contribution is 2.34. The minimum Gasteiger partial charge on any atom is -0.490 e. The van der Waals surface area contributed by atoms with Crippen molar-refractivity contribution in [1.29, 1.82) is 5.26 Å². The van der Waals surface area contributed by atoms with Crippen LogP contribution in [0.15, 0.2) is 48.9 Å². The number of nitrogens with zero attached hydrogens (tertiary/aromatic N) is 6. The number of hydrogen-bond donors (Lipinski definition) is 2. The van der Waals surface area contributed by atoms with Crippen molar-refractivity contribution in [1.82, 2.24) is 30.5 Å². The molecule has 7 rings (SSSR count). The van der Waals surface area contributed by atoms with E-state index in [1.165, 1.54) is 0 Å². The van der Waals surface area contributed by atoms with Crippen molar-refractivity contribution >= 4 is 40.9 Å². The average Bonchev–Trinajstić information content (AvgIpc) is 3.20. The van der Waals surface area contributed by atoms with Gasteiger partial charge in [0.05, 0.1) is 35.3 Å². The van der Waals surface area contributed by atoms with E-state index in [4.69, 9.17) is 26.3 Å². The number of ketones is 1. The van der Waals surface area contributed by atoms with Gasteiger partial charge in [-0.25, -0.2) is 15.0 Å². The normalized spacial score (nSPS) is 23.8. The zero-order valence-corrected chi connectivity index (χ0v) is 33.8. The lowest BCUT2D eigenvalue weighted by atomic mass is 9.84. The maximum absolute atomic E-state index is 13.1. The van der Waals surface area contributed by atoms with Gasteiger partial charge in [-0.15, -0.1) is 0 Å². The number of hydrogen-bond acceptors (Lipinski definition) is 12. The van der Waals surface area contributed by atoms with Gasteiger partial charge in [0.25, 0.3) is 5.91 Å². The summed E-state index contributed by atoms with van der Waals surface area (Å²) in [6, 6.07) is 10.6. The van der Waals surface area contributed by atoms with Gasteiger partial charge < -0.3 is 19.7 Å². The molecule has 3 amide bonds. The second-order valence-electron chi connectivity index (χ2n) is 16.3. The number of aromatic nitrogens is 3. The molecule has 1 atom stereocenters. The van der Waals surface area contributed by atoms with Crippen molar-refractivity contribution in [2.24, 2.45) is 11.8 Å². The van der Waals surface area contributed by atoms with Crippen LogP contribution in [0.4, 0.5) is 5.82 Å². The molecule has 306 valence electrons. The number of pyridine rings is 1. The van der Waals surface area contributed by atoms with Gasteiger partial charge in [-0.3, -0.25) is 29.4 Å². The standard InChI is InChI=1S/C43H51ClN8O6/c1-26(2)52(30-18-34(19-30)58-33-9-10-36(46-22-33)42(55)49-37-11-12-41(54)50-43(37)56)25-28-13-15-51(16-14-28)40-24-47-38(23-48-40)39(53)17-27-3-6-31(7-4-27)57-32-8-5-29(21-45)35(44)20-32/h5,8-10,20,22-24,26-28,30-31,34,37H,3-4,6-7,11-19,25H2,1-2H3,(H,49,55)(H,50,54,56). The smallest absolute Gasteiger partial charge is 0.270 e. The Labute approximate surface area is 344 Å². The van der Waals surface area contributed by atoms with E-state index in [0.29, 0.717) is 52.2 Å². The molecular weight excluding hydrogens is 760 g/mol. The van der Waals surface area contributed by atoms with Gasteiger partial charge in [0.1, 0.15) is 46.9 Å². The van der Waals surface area contributed by atoms with Gasteiger partial charge in [-0.2, -0.15) is 5.26 Å². The number of rotatable bonds is 14. The molecule has 2 aliphatic carbocycles. The summed E-state index contributed by atoms with van der Waals surface area (Å²) in [6.07, 6.45) is 13.4. The Balaban J connectivity index is 0.801. The minimum absolute atomic E-state index is 0.0288. The number of amides is 3. The molecule has 4 fully saturated rings. The molecule has 2 aliphatic heterocycles. The molecule has 2 aromatic heterocycles. The predicted molar refractivity (Wildman–Crippen MR) is 216 cm³/mol. The largest absolute Gasteiger partial charge is 0.490 e. The lowest BCUT2D eigenvalue weighted by molar-refractivity contribution is -0.134. The Morgan fingerprint density at radius 2 is 1.64 bits per heavy atom. The zero-order valence-electron chi connectivity index (χ0n) is 33.1. The lowest BCUT2D eigenvalue weighted by Crippen LogP contribution is -2.53. The van der Waals surface area contributed by atoms with E-state index in [0.717, 1.165) is 76.8 Å². The topological polar surface area (TPSA) is 180 Å². The van der Waals surface area contributed by atoms with Gasteiger partial charge >= 0.3 is 0 Å². The van der Waals surface area contributed by atoms with E-state index in [9.17, 15) is 19.2 Å². The predicted octanol–water partition coefficient (Wildman–Crippen LogP) is 5.68. The van der Waals surface area contributed by atoms with E-state index in [-0.39, 0.29) is 48.4 Å². The van der Waals surface area contributed by atoms with Gasteiger partial charge in [0, 0.05) is 63.5 Å². The van der Waals surface area contributed by atoms with Crippen LogP contribution in [0.2, 0.25) is 5.02 Å². The number of carbonyl (C=O) groups excluding carboxylic acids is 4. The summed E-state index contributed by atoms with van der Waals surface area (Å²) in [5.74, 6) is 1.65. The second kappa shape index (κ2) is 18.6. The second-order valence-corrected chi connectivity index (χ2v) is 16.8. The zero-order chi connectivity index (χ0) is 40.8. The quantitative estimate of drug-likeness (QED) is 0.151. The molecule has 4 heterocycles. The van der Waals surface area contributed by atoms with Crippen molar-refractivity contribution in [3.05, 3.63) is 70.9 Å². The van der Waals surface area contributed by atoms with Crippen LogP contribution in [-0.2, 0) is 9.59 Å². The Morgan fingerprint density at radius 1 is 0.914 bits per heavy atom. The van der Waals surface area contributed by atoms with E-state index < -0.39 is 17.9 Å². The van der Waals surface area contributed by atoms with Crippen LogP contribution in [0.1, 0.15) is 111 Å². The van der Waals surface area contributed by atoms with Crippen molar-refractivity contribution < 1.29 is 28.7 Å². The number of halogens is 1. The lowest BCUT2D eigenvalue weighted by Gasteiger charge is -2.46. The van der Waals surface area contributed by atoms with Crippen molar-refractivity contribution in [3.63, 3.8) is 0 Å². The highest BCUT2D eigenvalue weighted by atomic mass is 35.5. The highest BCUT2D eigenvalue weighted by Gasteiger charge is 2.38. The van der Waals surface area contributed by atoms with Gasteiger partial charge in [-0.05, 0) is 94.9 Å². The number of anilines is 1. The fourth-order valence-corrected chi connectivity index (χ4v) is 8.68. The van der Waals surface area contributed by atoms with E-state index in [1.54, 1.807) is 48.9 Å². The van der Waals surface area contributed by atoms with Crippen LogP contribution in [0.5, 0.6) is 11.5 Å². The van der Waals surface area contributed by atoms with Gasteiger partial charge in [0.15, 0.2) is 5.78 Å². The highest BCUT2D eigenvalue weighted by molar-refractivity contribution is 6.31. The Kier molecular flexibility index (Phi) is 13.2. The van der Waals surface area contributed by atoms with Crippen LogP contribution in [-0.4, -0.2) is 93.3 Å². The third-order valence-electron chi connectivity index (χ3n) is 12.0. The molecule has 58 heavy (non-hydrogen) atoms. The SMILES string of the molecule is CC(C)N(CC1CCN(c2cnc(C(=O)CC3CCC(Oc4ccc(C#N)c(Cl)c4)CC3)cn2)CC1)C1CC(Oc2ccc(C(=O)NC3CCC(=O)NC3=O)nc2)C1. The summed E-state index contributed by atoms with van der Waals surface area (Å²) in [5, 5.41) is 14.4. The summed E-state index contributed by atoms with van der Waals surface area (Å²) in [5.41, 5.74) is 1.03. The molecule has 2 N–H and O–H groups in total. The van der Waals surface area contributed by atoms with Gasteiger partial charge in [-0.1, -0.05) is 11.6 Å². The maximum atomic E-state index is 13.1. The number of imide groups is 1. The Hall–Kier alpha value is -5.13.